The number of anilines is 1. The van der Waals surface area contributed by atoms with Crippen LogP contribution in [-0.2, 0) is 4.79 Å². The SMILES string of the molecule is O=C(CSc1nnc(-c2cccc3ccccc23)o1)Nc1nc(-c2ccc(Br)cc2)cs1. The first-order valence-corrected chi connectivity index (χ1v) is 12.3. The smallest absolute Gasteiger partial charge is 0.277 e. The molecule has 0 saturated carbocycles. The van der Waals surface area contributed by atoms with Crippen LogP contribution in [0.1, 0.15) is 0 Å². The van der Waals surface area contributed by atoms with E-state index in [0.717, 1.165) is 32.1 Å². The zero-order valence-electron chi connectivity index (χ0n) is 16.5. The second kappa shape index (κ2) is 9.23. The molecule has 1 amide bonds. The minimum Gasteiger partial charge on any atom is -0.411 e. The third-order valence-electron chi connectivity index (χ3n) is 4.64. The Morgan fingerprint density at radius 1 is 1.03 bits per heavy atom. The number of carbonyl (C=O) groups is 1. The van der Waals surface area contributed by atoms with Crippen LogP contribution in [0.5, 0.6) is 0 Å². The zero-order valence-corrected chi connectivity index (χ0v) is 19.7. The van der Waals surface area contributed by atoms with Crippen molar-refractivity contribution in [3.63, 3.8) is 0 Å². The number of rotatable bonds is 6. The minimum absolute atomic E-state index is 0.143. The van der Waals surface area contributed by atoms with E-state index < -0.39 is 0 Å². The standard InChI is InChI=1S/C23H15BrN4O2S2/c24-16-10-8-15(9-11-16)19-12-31-22(25-19)26-20(29)13-32-23-28-27-21(30-23)18-7-3-5-14-4-1-2-6-17(14)18/h1-12H,13H2,(H,25,26,29). The molecule has 1 N–H and O–H groups in total. The van der Waals surface area contributed by atoms with Gasteiger partial charge in [-0.1, -0.05) is 76.2 Å². The summed E-state index contributed by atoms with van der Waals surface area (Å²) in [4.78, 5) is 16.9. The van der Waals surface area contributed by atoms with E-state index in [9.17, 15) is 4.79 Å². The summed E-state index contributed by atoms with van der Waals surface area (Å²) >= 11 is 6.00. The molecule has 0 aliphatic rings. The molecule has 0 atom stereocenters. The van der Waals surface area contributed by atoms with Crippen LogP contribution in [0, 0.1) is 0 Å². The Bertz CT molecular complexity index is 1390. The molecule has 5 rings (SSSR count). The Morgan fingerprint density at radius 3 is 2.72 bits per heavy atom. The number of carbonyl (C=O) groups excluding carboxylic acids is 1. The maximum Gasteiger partial charge on any atom is 0.277 e. The van der Waals surface area contributed by atoms with Crippen LogP contribution < -0.4 is 5.32 Å². The molecule has 158 valence electrons. The number of thioether (sulfide) groups is 1. The summed E-state index contributed by atoms with van der Waals surface area (Å²) in [6, 6.07) is 21.8. The summed E-state index contributed by atoms with van der Waals surface area (Å²) in [6.07, 6.45) is 0. The Hall–Kier alpha value is -3.01. The van der Waals surface area contributed by atoms with Crippen molar-refractivity contribution in [2.75, 3.05) is 11.1 Å². The van der Waals surface area contributed by atoms with Crippen molar-refractivity contribution >= 4 is 60.8 Å². The van der Waals surface area contributed by atoms with Gasteiger partial charge in [0.1, 0.15) is 0 Å². The Balaban J connectivity index is 1.22. The van der Waals surface area contributed by atoms with Gasteiger partial charge in [-0.05, 0) is 29.0 Å². The number of benzene rings is 3. The number of thiazole rings is 1. The lowest BCUT2D eigenvalue weighted by Gasteiger charge is -2.02. The first kappa shape index (κ1) is 20.9. The molecule has 0 radical (unpaired) electrons. The fourth-order valence-electron chi connectivity index (χ4n) is 3.16. The number of fused-ring (bicyclic) bond motifs is 1. The van der Waals surface area contributed by atoms with Crippen LogP contribution in [0.3, 0.4) is 0 Å². The van der Waals surface area contributed by atoms with Gasteiger partial charge in [0, 0.05) is 21.0 Å². The summed E-state index contributed by atoms with van der Waals surface area (Å²) in [6.45, 7) is 0. The van der Waals surface area contributed by atoms with Crippen LogP contribution in [0.4, 0.5) is 5.13 Å². The van der Waals surface area contributed by atoms with E-state index in [1.807, 2.05) is 72.1 Å². The summed E-state index contributed by atoms with van der Waals surface area (Å²) in [5, 5.41) is 16.0. The number of nitrogens with one attached hydrogen (secondary N) is 1. The largest absolute Gasteiger partial charge is 0.411 e. The van der Waals surface area contributed by atoms with E-state index in [2.05, 4.69) is 36.4 Å². The molecular weight excluding hydrogens is 508 g/mol. The molecule has 0 saturated heterocycles. The number of amides is 1. The number of aromatic nitrogens is 3. The molecule has 6 nitrogen and oxygen atoms in total. The van der Waals surface area contributed by atoms with Gasteiger partial charge >= 0.3 is 0 Å². The quantitative estimate of drug-likeness (QED) is 0.256. The Kier molecular flexibility index (Phi) is 6.02. The van der Waals surface area contributed by atoms with E-state index in [1.54, 1.807) is 0 Å². The maximum atomic E-state index is 12.4. The van der Waals surface area contributed by atoms with Gasteiger partial charge < -0.3 is 9.73 Å². The van der Waals surface area contributed by atoms with Crippen molar-refractivity contribution in [3.05, 3.63) is 76.6 Å². The van der Waals surface area contributed by atoms with E-state index in [-0.39, 0.29) is 11.7 Å². The summed E-state index contributed by atoms with van der Waals surface area (Å²) in [5.74, 6) is 0.394. The van der Waals surface area contributed by atoms with Crippen molar-refractivity contribution < 1.29 is 9.21 Å². The topological polar surface area (TPSA) is 80.9 Å². The molecule has 0 unspecified atom stereocenters. The lowest BCUT2D eigenvalue weighted by molar-refractivity contribution is -0.113. The highest BCUT2D eigenvalue weighted by molar-refractivity contribution is 9.10. The molecule has 0 fully saturated rings. The lowest BCUT2D eigenvalue weighted by atomic mass is 10.0. The fraction of sp³-hybridized carbons (Fsp3) is 0.0435. The molecule has 9 heteroatoms. The molecule has 0 aliphatic carbocycles. The first-order chi connectivity index (χ1) is 15.7. The van der Waals surface area contributed by atoms with E-state index in [0.29, 0.717) is 16.2 Å². The molecule has 3 aromatic carbocycles. The second-order valence-corrected chi connectivity index (χ2v) is 9.48. The average molecular weight is 523 g/mol. The van der Waals surface area contributed by atoms with Gasteiger partial charge in [-0.2, -0.15) is 0 Å². The summed E-state index contributed by atoms with van der Waals surface area (Å²) in [7, 11) is 0. The highest BCUT2D eigenvalue weighted by Crippen LogP contribution is 2.30. The highest BCUT2D eigenvalue weighted by Gasteiger charge is 2.14. The van der Waals surface area contributed by atoms with Gasteiger partial charge in [0.2, 0.25) is 11.8 Å². The van der Waals surface area contributed by atoms with Crippen LogP contribution in [-0.4, -0.2) is 26.8 Å². The van der Waals surface area contributed by atoms with E-state index >= 15 is 0 Å². The van der Waals surface area contributed by atoms with Crippen molar-refractivity contribution in [2.45, 2.75) is 5.22 Å². The van der Waals surface area contributed by atoms with Gasteiger partial charge in [0.15, 0.2) is 5.13 Å². The maximum absolute atomic E-state index is 12.4. The number of hydrogen-bond donors (Lipinski definition) is 1. The van der Waals surface area contributed by atoms with Crippen LogP contribution >= 0.6 is 39.0 Å². The predicted octanol–water partition coefficient (Wildman–Crippen LogP) is 6.51. The lowest BCUT2D eigenvalue weighted by Crippen LogP contribution is -2.13. The van der Waals surface area contributed by atoms with Crippen molar-refractivity contribution in [1.82, 2.24) is 15.2 Å². The number of nitrogens with zero attached hydrogens (tertiary/aromatic N) is 3. The van der Waals surface area contributed by atoms with Crippen LogP contribution in [0.2, 0.25) is 0 Å². The molecule has 0 spiro atoms. The van der Waals surface area contributed by atoms with Gasteiger partial charge in [0.05, 0.1) is 11.4 Å². The predicted molar refractivity (Wildman–Crippen MR) is 132 cm³/mol. The third-order valence-corrected chi connectivity index (χ3v) is 6.75. The zero-order chi connectivity index (χ0) is 21.9. The Morgan fingerprint density at radius 2 is 1.84 bits per heavy atom. The normalized spacial score (nSPS) is 11.0. The molecule has 2 aromatic heterocycles. The molecule has 0 bridgehead atoms. The van der Waals surface area contributed by atoms with Crippen LogP contribution in [0.25, 0.3) is 33.5 Å². The molecule has 2 heterocycles. The number of hydrogen-bond acceptors (Lipinski definition) is 7. The monoisotopic (exact) mass is 522 g/mol. The molecule has 32 heavy (non-hydrogen) atoms. The number of halogens is 1. The Labute approximate surface area is 200 Å². The van der Waals surface area contributed by atoms with E-state index in [4.69, 9.17) is 4.42 Å². The second-order valence-electron chi connectivity index (χ2n) is 6.78. The molecule has 5 aromatic rings. The minimum atomic E-state index is -0.184. The van der Waals surface area contributed by atoms with Crippen molar-refractivity contribution in [3.8, 4) is 22.7 Å². The van der Waals surface area contributed by atoms with Gasteiger partial charge in [0.25, 0.3) is 5.22 Å². The highest BCUT2D eigenvalue weighted by atomic mass is 79.9. The molecular formula is C23H15BrN4O2S2. The first-order valence-electron chi connectivity index (χ1n) is 9.61. The summed E-state index contributed by atoms with van der Waals surface area (Å²) < 4.78 is 6.80. The van der Waals surface area contributed by atoms with E-state index in [1.165, 1.54) is 23.1 Å². The molecule has 0 aliphatic heterocycles. The van der Waals surface area contributed by atoms with Gasteiger partial charge in [-0.3, -0.25) is 4.79 Å². The van der Waals surface area contributed by atoms with Gasteiger partial charge in [-0.25, -0.2) is 4.98 Å². The fourth-order valence-corrected chi connectivity index (χ4v) is 4.72. The van der Waals surface area contributed by atoms with Crippen molar-refractivity contribution in [1.29, 1.82) is 0 Å². The van der Waals surface area contributed by atoms with Crippen molar-refractivity contribution in [2.24, 2.45) is 0 Å². The average Bonchev–Trinajstić information content (AvgIpc) is 3.48. The summed E-state index contributed by atoms with van der Waals surface area (Å²) in [5.41, 5.74) is 2.68. The van der Waals surface area contributed by atoms with Gasteiger partial charge in [-0.15, -0.1) is 21.5 Å². The van der Waals surface area contributed by atoms with Crippen LogP contribution in [0.15, 0.2) is 86.2 Å². The third kappa shape index (κ3) is 4.59.